The van der Waals surface area contributed by atoms with Crippen LogP contribution in [-0.4, -0.2) is 23.5 Å². The number of esters is 1. The van der Waals surface area contributed by atoms with Crippen LogP contribution >= 0.6 is 11.3 Å². The largest absolute Gasteiger partial charge is 0.452 e. The summed E-state index contributed by atoms with van der Waals surface area (Å²) in [6, 6.07) is 7.55. The van der Waals surface area contributed by atoms with Crippen LogP contribution < -0.4 is 5.32 Å². The van der Waals surface area contributed by atoms with E-state index in [9.17, 15) is 22.8 Å². The summed E-state index contributed by atoms with van der Waals surface area (Å²) in [5, 5.41) is 2.23. The number of ether oxygens (including phenoxy) is 1. The van der Waals surface area contributed by atoms with Crippen LogP contribution in [0.1, 0.15) is 22.8 Å². The Morgan fingerprint density at radius 3 is 2.52 bits per heavy atom. The molecule has 0 aliphatic rings. The van der Waals surface area contributed by atoms with Crippen molar-refractivity contribution in [3.8, 4) is 0 Å². The normalized spacial score (nSPS) is 10.8. The molecule has 0 saturated heterocycles. The summed E-state index contributed by atoms with van der Waals surface area (Å²) in [6.07, 6.45) is 0.828. The number of thiazole rings is 1. The molecule has 1 amide bonds. The van der Waals surface area contributed by atoms with Gasteiger partial charge in [0.25, 0.3) is 5.91 Å². The summed E-state index contributed by atoms with van der Waals surface area (Å²) >= 11 is 0.767. The maximum absolute atomic E-state index is 13.7. The van der Waals surface area contributed by atoms with E-state index in [4.69, 9.17) is 4.74 Å². The van der Waals surface area contributed by atoms with Gasteiger partial charge in [0.1, 0.15) is 5.52 Å². The standard InChI is InChI=1S/C18H13F3N2O3S/c1-2-9-3-5-10(6-4-9)17(25)26-8-13(24)22-18-23-16-12(27-18)7-11(19)14(20)15(16)21/h3-7H,2,8H2,1H3,(H,22,23,24). The van der Waals surface area contributed by atoms with Crippen molar-refractivity contribution in [1.82, 2.24) is 4.98 Å². The van der Waals surface area contributed by atoms with E-state index >= 15 is 0 Å². The maximum Gasteiger partial charge on any atom is 0.338 e. The van der Waals surface area contributed by atoms with E-state index in [0.717, 1.165) is 29.4 Å². The lowest BCUT2D eigenvalue weighted by Crippen LogP contribution is -2.20. The third-order valence-electron chi connectivity index (χ3n) is 3.70. The number of hydrogen-bond acceptors (Lipinski definition) is 5. The van der Waals surface area contributed by atoms with Crippen molar-refractivity contribution < 1.29 is 27.5 Å². The molecule has 3 aromatic rings. The van der Waals surface area contributed by atoms with Crippen molar-refractivity contribution in [3.63, 3.8) is 0 Å². The van der Waals surface area contributed by atoms with E-state index in [0.29, 0.717) is 5.56 Å². The van der Waals surface area contributed by atoms with Crippen molar-refractivity contribution >= 4 is 38.6 Å². The third kappa shape index (κ3) is 4.08. The van der Waals surface area contributed by atoms with Crippen LogP contribution in [0.25, 0.3) is 10.2 Å². The van der Waals surface area contributed by atoms with Crippen LogP contribution in [0.15, 0.2) is 30.3 Å². The van der Waals surface area contributed by atoms with Gasteiger partial charge in [0.15, 0.2) is 29.2 Å². The highest BCUT2D eigenvalue weighted by atomic mass is 32.1. The second kappa shape index (κ2) is 7.75. The molecule has 5 nitrogen and oxygen atoms in total. The number of aryl methyl sites for hydroxylation is 1. The van der Waals surface area contributed by atoms with Crippen molar-refractivity contribution in [2.75, 3.05) is 11.9 Å². The number of fused-ring (bicyclic) bond motifs is 1. The molecular weight excluding hydrogens is 381 g/mol. The van der Waals surface area contributed by atoms with E-state index in [1.54, 1.807) is 24.3 Å². The van der Waals surface area contributed by atoms with Gasteiger partial charge < -0.3 is 4.74 Å². The van der Waals surface area contributed by atoms with Gasteiger partial charge in [-0.15, -0.1) is 0 Å². The number of halogens is 3. The van der Waals surface area contributed by atoms with Gasteiger partial charge >= 0.3 is 5.97 Å². The van der Waals surface area contributed by atoms with Crippen LogP contribution in [0.4, 0.5) is 18.3 Å². The zero-order valence-corrected chi connectivity index (χ0v) is 14.8. The van der Waals surface area contributed by atoms with Crippen LogP contribution in [-0.2, 0) is 16.0 Å². The van der Waals surface area contributed by atoms with Gasteiger partial charge in [0.2, 0.25) is 0 Å². The first-order valence-electron chi connectivity index (χ1n) is 7.89. The summed E-state index contributed by atoms with van der Waals surface area (Å²) in [7, 11) is 0. The van der Waals surface area contributed by atoms with E-state index in [1.807, 2.05) is 6.92 Å². The number of anilines is 1. The summed E-state index contributed by atoms with van der Waals surface area (Å²) in [5.41, 5.74) is 0.968. The number of carbonyl (C=O) groups excluding carboxylic acids is 2. The molecule has 1 aromatic heterocycles. The molecule has 0 aliphatic carbocycles. The second-order valence-electron chi connectivity index (χ2n) is 5.53. The number of carbonyl (C=O) groups is 2. The van der Waals surface area contributed by atoms with Crippen molar-refractivity contribution in [2.24, 2.45) is 0 Å². The molecule has 0 radical (unpaired) electrons. The molecule has 0 unspecified atom stereocenters. The van der Waals surface area contributed by atoms with Crippen molar-refractivity contribution in [1.29, 1.82) is 0 Å². The summed E-state index contributed by atoms with van der Waals surface area (Å²) < 4.78 is 45.0. The first kappa shape index (κ1) is 18.8. The van der Waals surface area contributed by atoms with Gasteiger partial charge in [-0.2, -0.15) is 0 Å². The molecule has 9 heteroatoms. The van der Waals surface area contributed by atoms with Crippen molar-refractivity contribution in [2.45, 2.75) is 13.3 Å². The monoisotopic (exact) mass is 394 g/mol. The third-order valence-corrected chi connectivity index (χ3v) is 4.62. The highest BCUT2D eigenvalue weighted by Crippen LogP contribution is 2.30. The van der Waals surface area contributed by atoms with E-state index in [1.165, 1.54) is 0 Å². The Bertz CT molecular complexity index is 1020. The molecule has 27 heavy (non-hydrogen) atoms. The quantitative estimate of drug-likeness (QED) is 0.523. The fraction of sp³-hybridized carbons (Fsp3) is 0.167. The first-order chi connectivity index (χ1) is 12.9. The smallest absolute Gasteiger partial charge is 0.338 e. The molecule has 0 fully saturated rings. The zero-order chi connectivity index (χ0) is 19.6. The average molecular weight is 394 g/mol. The Morgan fingerprint density at radius 2 is 1.85 bits per heavy atom. The molecule has 0 spiro atoms. The topological polar surface area (TPSA) is 68.3 Å². The van der Waals surface area contributed by atoms with Gasteiger partial charge in [0.05, 0.1) is 10.3 Å². The Morgan fingerprint density at radius 1 is 1.15 bits per heavy atom. The number of nitrogens with zero attached hydrogens (tertiary/aromatic N) is 1. The molecule has 1 heterocycles. The lowest BCUT2D eigenvalue weighted by molar-refractivity contribution is -0.119. The highest BCUT2D eigenvalue weighted by Gasteiger charge is 2.18. The molecule has 0 saturated carbocycles. The maximum atomic E-state index is 13.7. The SMILES string of the molecule is CCc1ccc(C(=O)OCC(=O)Nc2nc3c(F)c(F)c(F)cc3s2)cc1. The van der Waals surface area contributed by atoms with E-state index in [2.05, 4.69) is 10.3 Å². The number of rotatable bonds is 5. The summed E-state index contributed by atoms with van der Waals surface area (Å²) in [5.74, 6) is -5.79. The van der Waals surface area contributed by atoms with Gasteiger partial charge in [-0.05, 0) is 30.2 Å². The first-order valence-corrected chi connectivity index (χ1v) is 8.70. The lowest BCUT2D eigenvalue weighted by atomic mass is 10.1. The molecule has 2 aromatic carbocycles. The molecule has 0 aliphatic heterocycles. The fourth-order valence-electron chi connectivity index (χ4n) is 2.27. The molecule has 1 N–H and O–H groups in total. The Balaban J connectivity index is 1.63. The Kier molecular flexibility index (Phi) is 5.41. The zero-order valence-electron chi connectivity index (χ0n) is 14.0. The summed E-state index contributed by atoms with van der Waals surface area (Å²) in [6.45, 7) is 1.39. The second-order valence-corrected chi connectivity index (χ2v) is 6.56. The van der Waals surface area contributed by atoms with E-state index < -0.39 is 35.9 Å². The van der Waals surface area contributed by atoms with Gasteiger partial charge in [0, 0.05) is 0 Å². The Labute approximate surface area is 155 Å². The minimum absolute atomic E-state index is 0.0368. The van der Waals surface area contributed by atoms with Gasteiger partial charge in [-0.25, -0.2) is 22.9 Å². The number of hydrogen-bond donors (Lipinski definition) is 1. The van der Waals surface area contributed by atoms with Gasteiger partial charge in [-0.1, -0.05) is 30.4 Å². The Hall–Kier alpha value is -2.94. The molecule has 0 atom stereocenters. The minimum atomic E-state index is -1.63. The lowest BCUT2D eigenvalue weighted by Gasteiger charge is -2.05. The van der Waals surface area contributed by atoms with Gasteiger partial charge in [-0.3, -0.25) is 10.1 Å². The van der Waals surface area contributed by atoms with Crippen molar-refractivity contribution in [3.05, 3.63) is 58.9 Å². The molecule has 0 bridgehead atoms. The summed E-state index contributed by atoms with van der Waals surface area (Å²) in [4.78, 5) is 27.5. The fourth-order valence-corrected chi connectivity index (χ4v) is 3.18. The van der Waals surface area contributed by atoms with E-state index in [-0.39, 0.29) is 15.3 Å². The minimum Gasteiger partial charge on any atom is -0.452 e. The van der Waals surface area contributed by atoms with Crippen LogP contribution in [0.3, 0.4) is 0 Å². The molecular formula is C18H13F3N2O3S. The van der Waals surface area contributed by atoms with Crippen LogP contribution in [0, 0.1) is 17.5 Å². The molecule has 3 rings (SSSR count). The molecule has 140 valence electrons. The van der Waals surface area contributed by atoms with Crippen LogP contribution in [0.5, 0.6) is 0 Å². The number of aromatic nitrogens is 1. The number of amides is 1. The predicted octanol–water partition coefficient (Wildman–Crippen LogP) is 4.07. The number of benzene rings is 2. The van der Waals surface area contributed by atoms with Crippen LogP contribution in [0.2, 0.25) is 0 Å². The highest BCUT2D eigenvalue weighted by molar-refractivity contribution is 7.22. The predicted molar refractivity (Wildman–Crippen MR) is 94.2 cm³/mol. The average Bonchev–Trinajstić information content (AvgIpc) is 3.06. The number of nitrogens with one attached hydrogen (secondary N) is 1.